The third kappa shape index (κ3) is 3.81. The van der Waals surface area contributed by atoms with Gasteiger partial charge in [0.2, 0.25) is 0 Å². The monoisotopic (exact) mass is 230 g/mol. The van der Waals surface area contributed by atoms with Crippen LogP contribution in [0.4, 0.5) is 0 Å². The van der Waals surface area contributed by atoms with Crippen molar-refractivity contribution < 1.29 is 15.0 Å². The summed E-state index contributed by atoms with van der Waals surface area (Å²) in [5, 5.41) is 17.4. The van der Waals surface area contributed by atoms with Gasteiger partial charge in [-0.25, -0.2) is 9.97 Å². The minimum absolute atomic E-state index is 0.00241. The van der Waals surface area contributed by atoms with Gasteiger partial charge >= 0.3 is 5.97 Å². The molecule has 15 heavy (non-hydrogen) atoms. The van der Waals surface area contributed by atoms with E-state index in [2.05, 4.69) is 9.97 Å². The summed E-state index contributed by atoms with van der Waals surface area (Å²) in [6.45, 7) is -0.0369. The zero-order valence-electron chi connectivity index (χ0n) is 7.98. The van der Waals surface area contributed by atoms with Gasteiger partial charge in [-0.15, -0.1) is 0 Å². The van der Waals surface area contributed by atoms with E-state index < -0.39 is 5.97 Å². The second-order valence-electron chi connectivity index (χ2n) is 2.97. The number of nitrogens with zero attached hydrogens (tertiary/aromatic N) is 2. The van der Waals surface area contributed by atoms with E-state index in [9.17, 15) is 4.79 Å². The molecular formula is C9H11ClN2O3. The highest BCUT2D eigenvalue weighted by molar-refractivity contribution is 6.30. The zero-order valence-corrected chi connectivity index (χ0v) is 8.74. The highest BCUT2D eigenvalue weighted by Gasteiger charge is 2.06. The number of aromatic nitrogens is 2. The van der Waals surface area contributed by atoms with Gasteiger partial charge in [0.1, 0.15) is 11.0 Å². The molecule has 0 unspecified atom stereocenters. The predicted molar refractivity (Wildman–Crippen MR) is 53.8 cm³/mol. The molecule has 0 bridgehead atoms. The summed E-state index contributed by atoms with van der Waals surface area (Å²) in [4.78, 5) is 18.2. The van der Waals surface area contributed by atoms with Crippen LogP contribution in [0.5, 0.6) is 0 Å². The Balaban J connectivity index is 2.70. The maximum atomic E-state index is 10.3. The van der Waals surface area contributed by atoms with Crippen LogP contribution in [0, 0.1) is 0 Å². The topological polar surface area (TPSA) is 83.3 Å². The average molecular weight is 231 g/mol. The Hall–Kier alpha value is -1.20. The third-order valence-corrected chi connectivity index (χ3v) is 2.13. The first-order valence-electron chi connectivity index (χ1n) is 4.46. The highest BCUT2D eigenvalue weighted by atomic mass is 35.5. The summed E-state index contributed by atoms with van der Waals surface area (Å²) < 4.78 is 0. The molecule has 5 nitrogen and oxygen atoms in total. The van der Waals surface area contributed by atoms with E-state index in [4.69, 9.17) is 21.8 Å². The van der Waals surface area contributed by atoms with Crippen molar-refractivity contribution in [3.63, 3.8) is 0 Å². The Morgan fingerprint density at radius 2 is 2.20 bits per heavy atom. The molecule has 0 aromatic carbocycles. The summed E-state index contributed by atoms with van der Waals surface area (Å²) in [6.07, 6.45) is 2.16. The number of rotatable bonds is 5. The van der Waals surface area contributed by atoms with E-state index in [0.29, 0.717) is 24.2 Å². The smallest absolute Gasteiger partial charge is 0.303 e. The molecule has 6 heteroatoms. The zero-order chi connectivity index (χ0) is 11.3. The number of aliphatic carboxylic acids is 1. The Kier molecular flexibility index (Phi) is 4.45. The minimum Gasteiger partial charge on any atom is -0.481 e. The number of aryl methyl sites for hydroxylation is 1. The normalized spacial score (nSPS) is 10.3. The first kappa shape index (κ1) is 11.9. The van der Waals surface area contributed by atoms with Crippen molar-refractivity contribution in [2.45, 2.75) is 19.3 Å². The molecule has 0 aliphatic rings. The van der Waals surface area contributed by atoms with Gasteiger partial charge in [-0.1, -0.05) is 11.6 Å². The van der Waals surface area contributed by atoms with Crippen LogP contribution in [0.3, 0.4) is 0 Å². The van der Waals surface area contributed by atoms with Gasteiger partial charge in [0, 0.05) is 24.6 Å². The van der Waals surface area contributed by atoms with Gasteiger partial charge in [-0.05, 0) is 6.42 Å². The Morgan fingerprint density at radius 1 is 1.47 bits per heavy atom. The molecule has 1 heterocycles. The standard InChI is InChI=1S/C9H11ClN2O3/c10-9-6(1-2-8(14)15)5-11-7(12-9)3-4-13/h5,13H,1-4H2,(H,14,15). The highest BCUT2D eigenvalue weighted by Crippen LogP contribution is 2.14. The van der Waals surface area contributed by atoms with Crippen molar-refractivity contribution in [1.82, 2.24) is 9.97 Å². The second-order valence-corrected chi connectivity index (χ2v) is 3.33. The van der Waals surface area contributed by atoms with Gasteiger partial charge in [0.15, 0.2) is 0 Å². The fourth-order valence-electron chi connectivity index (χ4n) is 1.05. The Morgan fingerprint density at radius 3 is 2.73 bits per heavy atom. The van der Waals surface area contributed by atoms with Crippen LogP contribution in [0.15, 0.2) is 6.20 Å². The lowest BCUT2D eigenvalue weighted by atomic mass is 10.2. The average Bonchev–Trinajstić information content (AvgIpc) is 2.17. The molecule has 0 saturated carbocycles. The molecule has 2 N–H and O–H groups in total. The number of hydrogen-bond donors (Lipinski definition) is 2. The number of aliphatic hydroxyl groups excluding tert-OH is 1. The molecule has 0 aliphatic heterocycles. The van der Waals surface area contributed by atoms with E-state index in [-0.39, 0.29) is 18.2 Å². The fraction of sp³-hybridized carbons (Fsp3) is 0.444. The van der Waals surface area contributed by atoms with Crippen LogP contribution >= 0.6 is 11.6 Å². The lowest BCUT2D eigenvalue weighted by Gasteiger charge is -2.03. The number of hydrogen-bond acceptors (Lipinski definition) is 4. The quantitative estimate of drug-likeness (QED) is 0.727. The molecule has 0 amide bonds. The van der Waals surface area contributed by atoms with Crippen LogP contribution in [-0.2, 0) is 17.6 Å². The maximum absolute atomic E-state index is 10.3. The third-order valence-electron chi connectivity index (χ3n) is 1.81. The largest absolute Gasteiger partial charge is 0.481 e. The molecular weight excluding hydrogens is 220 g/mol. The SMILES string of the molecule is O=C(O)CCc1cnc(CCO)nc1Cl. The summed E-state index contributed by atoms with van der Waals surface area (Å²) in [5.41, 5.74) is 0.612. The van der Waals surface area contributed by atoms with Crippen molar-refractivity contribution in [3.8, 4) is 0 Å². The van der Waals surface area contributed by atoms with E-state index in [0.717, 1.165) is 0 Å². The first-order valence-corrected chi connectivity index (χ1v) is 4.84. The molecule has 0 atom stereocenters. The van der Waals surface area contributed by atoms with E-state index >= 15 is 0 Å². The summed E-state index contributed by atoms with van der Waals surface area (Å²) in [6, 6.07) is 0. The van der Waals surface area contributed by atoms with Gasteiger partial charge in [0.05, 0.1) is 6.61 Å². The lowest BCUT2D eigenvalue weighted by molar-refractivity contribution is -0.136. The van der Waals surface area contributed by atoms with Crippen LogP contribution in [0.1, 0.15) is 17.8 Å². The van der Waals surface area contributed by atoms with Gasteiger partial charge in [-0.2, -0.15) is 0 Å². The van der Waals surface area contributed by atoms with Gasteiger partial charge in [0.25, 0.3) is 0 Å². The maximum Gasteiger partial charge on any atom is 0.303 e. The molecule has 1 rings (SSSR count). The van der Waals surface area contributed by atoms with Crippen LogP contribution in [0.2, 0.25) is 5.15 Å². The summed E-state index contributed by atoms with van der Waals surface area (Å²) in [5.74, 6) is -0.424. The van der Waals surface area contributed by atoms with Gasteiger partial charge < -0.3 is 10.2 Å². The molecule has 0 aliphatic carbocycles. The van der Waals surface area contributed by atoms with Crippen molar-refractivity contribution in [1.29, 1.82) is 0 Å². The number of carboxylic acids is 1. The molecule has 0 saturated heterocycles. The first-order chi connectivity index (χ1) is 7.13. The van der Waals surface area contributed by atoms with E-state index in [1.54, 1.807) is 0 Å². The van der Waals surface area contributed by atoms with Crippen molar-refractivity contribution in [2.75, 3.05) is 6.61 Å². The second kappa shape index (κ2) is 5.63. The van der Waals surface area contributed by atoms with Crippen LogP contribution in [-0.4, -0.2) is 32.8 Å². The lowest BCUT2D eigenvalue weighted by Crippen LogP contribution is -2.03. The molecule has 1 aromatic rings. The minimum atomic E-state index is -0.884. The van der Waals surface area contributed by atoms with Crippen LogP contribution < -0.4 is 0 Å². The van der Waals surface area contributed by atoms with E-state index in [1.165, 1.54) is 6.20 Å². The summed E-state index contributed by atoms with van der Waals surface area (Å²) in [7, 11) is 0. The molecule has 82 valence electrons. The predicted octanol–water partition coefficient (Wildman–Crippen LogP) is 0.682. The Labute approximate surface area is 91.7 Å². The molecule has 0 spiro atoms. The summed E-state index contributed by atoms with van der Waals surface area (Å²) >= 11 is 5.82. The Bertz CT molecular complexity index is 357. The van der Waals surface area contributed by atoms with E-state index in [1.807, 2.05) is 0 Å². The van der Waals surface area contributed by atoms with Crippen molar-refractivity contribution >= 4 is 17.6 Å². The number of aliphatic hydroxyl groups is 1. The number of halogens is 1. The number of carbonyl (C=O) groups is 1. The van der Waals surface area contributed by atoms with Crippen molar-refractivity contribution in [2.24, 2.45) is 0 Å². The molecule has 0 fully saturated rings. The van der Waals surface area contributed by atoms with Gasteiger partial charge in [-0.3, -0.25) is 4.79 Å². The fourth-order valence-corrected chi connectivity index (χ4v) is 1.29. The van der Waals surface area contributed by atoms with Crippen LogP contribution in [0.25, 0.3) is 0 Å². The number of carboxylic acid groups (broad SMARTS) is 1. The molecule has 0 radical (unpaired) electrons. The molecule has 1 aromatic heterocycles. The van der Waals surface area contributed by atoms with Crippen molar-refractivity contribution in [3.05, 3.63) is 22.7 Å².